The highest BCUT2D eigenvalue weighted by Gasteiger charge is 2.28. The highest BCUT2D eigenvalue weighted by atomic mass is 35.5. The van der Waals surface area contributed by atoms with Gasteiger partial charge in [0.05, 0.1) is 11.4 Å². The van der Waals surface area contributed by atoms with Crippen LogP contribution in [0.25, 0.3) is 11.0 Å². The fourth-order valence-electron chi connectivity index (χ4n) is 2.72. The number of halogens is 2. The zero-order valence-corrected chi connectivity index (χ0v) is 14.5. The Balaban J connectivity index is 2.35. The number of pyridine rings is 1. The van der Waals surface area contributed by atoms with E-state index in [0.717, 1.165) is 22.2 Å². The van der Waals surface area contributed by atoms with E-state index in [1.165, 1.54) is 13.1 Å². The molecule has 2 heterocycles. The van der Waals surface area contributed by atoms with Crippen LogP contribution >= 0.6 is 11.6 Å². The summed E-state index contributed by atoms with van der Waals surface area (Å²) in [7, 11) is -4.20. The summed E-state index contributed by atoms with van der Waals surface area (Å²) in [5, 5.41) is 9.27. The van der Waals surface area contributed by atoms with Crippen molar-refractivity contribution in [2.75, 3.05) is 0 Å². The van der Waals surface area contributed by atoms with Crippen molar-refractivity contribution in [2.24, 2.45) is 0 Å². The van der Waals surface area contributed by atoms with Crippen LogP contribution < -0.4 is 0 Å². The number of benzene rings is 1. The smallest absolute Gasteiger partial charge is 0.307 e. The topological polar surface area (TPSA) is 89.3 Å². The molecule has 0 atom stereocenters. The minimum atomic E-state index is -4.20. The van der Waals surface area contributed by atoms with Crippen LogP contribution in [0.2, 0.25) is 5.02 Å². The summed E-state index contributed by atoms with van der Waals surface area (Å²) < 4.78 is 40.3. The summed E-state index contributed by atoms with van der Waals surface area (Å²) in [4.78, 5) is 14.9. The van der Waals surface area contributed by atoms with Crippen LogP contribution in [-0.4, -0.2) is 28.5 Å². The summed E-state index contributed by atoms with van der Waals surface area (Å²) in [5.74, 6) is -1.76. The molecule has 0 fully saturated rings. The van der Waals surface area contributed by atoms with Crippen LogP contribution in [0, 0.1) is 12.7 Å². The van der Waals surface area contributed by atoms with Gasteiger partial charge in [-0.25, -0.2) is 21.8 Å². The Morgan fingerprint density at radius 3 is 2.72 bits per heavy atom. The summed E-state index contributed by atoms with van der Waals surface area (Å²) >= 11 is 5.91. The maximum absolute atomic E-state index is 13.3. The molecule has 0 saturated heterocycles. The van der Waals surface area contributed by atoms with Crippen molar-refractivity contribution < 1.29 is 22.7 Å². The Hall–Kier alpha value is -2.45. The first-order valence-corrected chi connectivity index (χ1v) is 8.92. The van der Waals surface area contributed by atoms with E-state index in [0.29, 0.717) is 10.9 Å². The van der Waals surface area contributed by atoms with E-state index in [2.05, 4.69) is 4.98 Å². The zero-order chi connectivity index (χ0) is 18.4. The van der Waals surface area contributed by atoms with Crippen LogP contribution in [0.1, 0.15) is 11.3 Å². The third-order valence-corrected chi connectivity index (χ3v) is 6.05. The maximum atomic E-state index is 13.3. The van der Waals surface area contributed by atoms with Crippen molar-refractivity contribution >= 4 is 38.6 Å². The molecule has 2 aromatic heterocycles. The lowest BCUT2D eigenvalue weighted by Gasteiger charge is -2.11. The number of fused-ring (bicyclic) bond motifs is 1. The second-order valence-electron chi connectivity index (χ2n) is 5.35. The standard InChI is InChI=1S/C16H12ClFN2O4S/c1-9-12(8-15(21)22)11-3-2-6-19-16(11)20(9)25(23,24)14-5-4-10(18)7-13(14)17/h2-7H,8H2,1H3,(H,21,22). The molecule has 3 aromatic rings. The molecule has 25 heavy (non-hydrogen) atoms. The van der Waals surface area contributed by atoms with Crippen molar-refractivity contribution in [3.8, 4) is 0 Å². The third kappa shape index (κ3) is 2.87. The SMILES string of the molecule is Cc1c(CC(=O)O)c2cccnc2n1S(=O)(=O)c1ccc(F)cc1Cl. The molecule has 3 rings (SSSR count). The van der Waals surface area contributed by atoms with E-state index in [1.807, 2.05) is 0 Å². The number of carboxylic acid groups (broad SMARTS) is 1. The van der Waals surface area contributed by atoms with Crippen LogP contribution in [0.3, 0.4) is 0 Å². The van der Waals surface area contributed by atoms with Gasteiger partial charge in [-0.15, -0.1) is 0 Å². The van der Waals surface area contributed by atoms with Crippen LogP contribution in [0.15, 0.2) is 41.4 Å². The Kier molecular flexibility index (Phi) is 4.26. The highest BCUT2D eigenvalue weighted by molar-refractivity contribution is 7.90. The normalized spacial score (nSPS) is 11.8. The van der Waals surface area contributed by atoms with Crippen LogP contribution in [-0.2, 0) is 21.2 Å². The van der Waals surface area contributed by atoms with Gasteiger partial charge in [0, 0.05) is 17.3 Å². The summed E-state index contributed by atoms with van der Waals surface area (Å²) in [6.45, 7) is 1.49. The van der Waals surface area contributed by atoms with Gasteiger partial charge in [-0.05, 0) is 42.8 Å². The minimum absolute atomic E-state index is 0.0941. The van der Waals surface area contributed by atoms with Gasteiger partial charge < -0.3 is 5.11 Å². The van der Waals surface area contributed by atoms with Crippen molar-refractivity contribution in [2.45, 2.75) is 18.2 Å². The van der Waals surface area contributed by atoms with Crippen molar-refractivity contribution in [1.29, 1.82) is 0 Å². The predicted octanol–water partition coefficient (Wildman–Crippen LogP) is 3.00. The zero-order valence-electron chi connectivity index (χ0n) is 12.9. The molecular formula is C16H12ClFN2O4S. The molecule has 9 heteroatoms. The number of hydrogen-bond acceptors (Lipinski definition) is 4. The van der Waals surface area contributed by atoms with Crippen LogP contribution in [0.4, 0.5) is 4.39 Å². The Labute approximate surface area is 147 Å². The second-order valence-corrected chi connectivity index (χ2v) is 7.52. The molecule has 130 valence electrons. The molecule has 0 radical (unpaired) electrons. The lowest BCUT2D eigenvalue weighted by atomic mass is 10.1. The van der Waals surface area contributed by atoms with Gasteiger partial charge >= 0.3 is 5.97 Å². The summed E-state index contributed by atoms with van der Waals surface area (Å²) in [5.41, 5.74) is 0.658. The van der Waals surface area contributed by atoms with Gasteiger partial charge in [-0.2, -0.15) is 0 Å². The van der Waals surface area contributed by atoms with Gasteiger partial charge in [0.15, 0.2) is 5.65 Å². The molecular weight excluding hydrogens is 371 g/mol. The molecule has 0 aliphatic heterocycles. The number of carboxylic acids is 1. The fourth-order valence-corrected chi connectivity index (χ4v) is 4.77. The molecule has 1 N–H and O–H groups in total. The Morgan fingerprint density at radius 2 is 2.08 bits per heavy atom. The maximum Gasteiger partial charge on any atom is 0.307 e. The van der Waals surface area contributed by atoms with E-state index >= 15 is 0 Å². The predicted molar refractivity (Wildman–Crippen MR) is 89.8 cm³/mol. The van der Waals surface area contributed by atoms with Crippen molar-refractivity contribution in [3.63, 3.8) is 0 Å². The lowest BCUT2D eigenvalue weighted by molar-refractivity contribution is -0.136. The molecule has 0 saturated carbocycles. The Bertz CT molecular complexity index is 1110. The van der Waals surface area contributed by atoms with E-state index in [-0.39, 0.29) is 27.7 Å². The quantitative estimate of drug-likeness (QED) is 0.749. The number of nitrogens with zero attached hydrogens (tertiary/aromatic N) is 2. The first-order chi connectivity index (χ1) is 11.7. The monoisotopic (exact) mass is 382 g/mol. The van der Waals surface area contributed by atoms with E-state index in [9.17, 15) is 17.6 Å². The Morgan fingerprint density at radius 1 is 1.36 bits per heavy atom. The van der Waals surface area contributed by atoms with E-state index < -0.39 is 21.8 Å². The van der Waals surface area contributed by atoms with E-state index in [1.54, 1.807) is 12.1 Å². The lowest BCUT2D eigenvalue weighted by Crippen LogP contribution is -2.16. The first kappa shape index (κ1) is 17.4. The average molecular weight is 383 g/mol. The summed E-state index contributed by atoms with van der Waals surface area (Å²) in [6.07, 6.45) is 1.05. The number of carbonyl (C=O) groups is 1. The van der Waals surface area contributed by atoms with Gasteiger partial charge in [-0.3, -0.25) is 4.79 Å². The van der Waals surface area contributed by atoms with Crippen LogP contribution in [0.5, 0.6) is 0 Å². The van der Waals surface area contributed by atoms with Crippen molar-refractivity contribution in [1.82, 2.24) is 8.96 Å². The summed E-state index contributed by atoms with van der Waals surface area (Å²) in [6, 6.07) is 6.16. The molecule has 0 unspecified atom stereocenters. The molecule has 0 aliphatic carbocycles. The fraction of sp³-hybridized carbons (Fsp3) is 0.125. The van der Waals surface area contributed by atoms with Gasteiger partial charge in [0.25, 0.3) is 10.0 Å². The van der Waals surface area contributed by atoms with Gasteiger partial charge in [0.2, 0.25) is 0 Å². The molecule has 1 aromatic carbocycles. The first-order valence-electron chi connectivity index (χ1n) is 7.11. The van der Waals surface area contributed by atoms with E-state index in [4.69, 9.17) is 16.7 Å². The number of aliphatic carboxylic acids is 1. The number of hydrogen-bond donors (Lipinski definition) is 1. The average Bonchev–Trinajstić information content (AvgIpc) is 2.79. The molecule has 0 spiro atoms. The number of aromatic nitrogens is 2. The second kappa shape index (κ2) is 6.12. The molecule has 0 aliphatic rings. The number of rotatable bonds is 4. The molecule has 0 amide bonds. The minimum Gasteiger partial charge on any atom is -0.481 e. The largest absolute Gasteiger partial charge is 0.481 e. The van der Waals surface area contributed by atoms with Gasteiger partial charge in [0.1, 0.15) is 10.7 Å². The van der Waals surface area contributed by atoms with Gasteiger partial charge in [-0.1, -0.05) is 11.6 Å². The van der Waals surface area contributed by atoms with Crippen molar-refractivity contribution in [3.05, 3.63) is 58.6 Å². The molecule has 0 bridgehead atoms. The highest BCUT2D eigenvalue weighted by Crippen LogP contribution is 2.31. The third-order valence-electron chi connectivity index (χ3n) is 3.79. The molecule has 6 nitrogen and oxygen atoms in total.